The van der Waals surface area contributed by atoms with E-state index >= 15 is 0 Å². The minimum Gasteiger partial charge on any atom is -0.378 e. The topological polar surface area (TPSA) is 53.6 Å². The van der Waals surface area contributed by atoms with E-state index in [1.54, 1.807) is 0 Å². The Hall–Kier alpha value is -1.59. The normalized spacial score (nSPS) is 34.9. The standard InChI is InChI=1S/C30H45N3O2/c1-22-8-7-13-30(23-9-3-2-4-10-23)20-25(32-27(22)30)28(34)31-21-29(14-15-29)24-11-5-6-12-26(24)33-16-18-35-19-17-33/h5-6,11-12,22-23,25,27,32H,2-4,7-10,13-21H2,1H3,(H,31,34). The van der Waals surface area contributed by atoms with Crippen LogP contribution in [-0.4, -0.2) is 50.8 Å². The number of hydrogen-bond donors (Lipinski definition) is 2. The highest BCUT2D eigenvalue weighted by atomic mass is 16.5. The quantitative estimate of drug-likeness (QED) is 0.616. The Labute approximate surface area is 211 Å². The van der Waals surface area contributed by atoms with Gasteiger partial charge in [-0.2, -0.15) is 0 Å². The SMILES string of the molecule is CC1CCCC2(C3CCCCC3)CC(C(=O)NCC3(c4ccccc4N4CCOCC4)CC3)NC12. The molecule has 4 atom stereocenters. The number of hydrogen-bond acceptors (Lipinski definition) is 4. The number of para-hydroxylation sites is 1. The van der Waals surface area contributed by atoms with Gasteiger partial charge in [0.1, 0.15) is 0 Å². The van der Waals surface area contributed by atoms with Crippen molar-refractivity contribution >= 4 is 11.6 Å². The molecule has 1 aromatic carbocycles. The van der Waals surface area contributed by atoms with E-state index in [4.69, 9.17) is 4.74 Å². The molecule has 1 amide bonds. The van der Waals surface area contributed by atoms with Crippen molar-refractivity contribution in [1.82, 2.24) is 10.6 Å². The number of fused-ring (bicyclic) bond motifs is 1. The fourth-order valence-corrected chi connectivity index (χ4v) is 8.40. The second-order valence-corrected chi connectivity index (χ2v) is 12.5. The summed E-state index contributed by atoms with van der Waals surface area (Å²) in [5, 5.41) is 7.36. The first kappa shape index (κ1) is 23.8. The zero-order valence-electron chi connectivity index (χ0n) is 21.7. The molecule has 5 fully saturated rings. The molecule has 0 bridgehead atoms. The largest absolute Gasteiger partial charge is 0.378 e. The molecule has 5 heteroatoms. The lowest BCUT2D eigenvalue weighted by Gasteiger charge is -2.49. The predicted octanol–water partition coefficient (Wildman–Crippen LogP) is 4.79. The maximum atomic E-state index is 13.6. The van der Waals surface area contributed by atoms with Crippen LogP contribution in [0, 0.1) is 17.3 Å². The number of nitrogens with zero attached hydrogens (tertiary/aromatic N) is 1. The highest BCUT2D eigenvalue weighted by molar-refractivity contribution is 5.82. The first-order valence-corrected chi connectivity index (χ1v) is 14.6. The number of ether oxygens (including phenoxy) is 1. The summed E-state index contributed by atoms with van der Waals surface area (Å²) in [5.41, 5.74) is 3.21. The molecule has 0 radical (unpaired) electrons. The first-order chi connectivity index (χ1) is 17.1. The van der Waals surface area contributed by atoms with Crippen LogP contribution in [0.5, 0.6) is 0 Å². The Kier molecular flexibility index (Phi) is 6.59. The number of carbonyl (C=O) groups is 1. The predicted molar refractivity (Wildman–Crippen MR) is 141 cm³/mol. The van der Waals surface area contributed by atoms with E-state index in [1.807, 2.05) is 0 Å². The van der Waals surface area contributed by atoms with Gasteiger partial charge in [-0.15, -0.1) is 0 Å². The van der Waals surface area contributed by atoms with Crippen molar-refractivity contribution in [3.8, 4) is 0 Å². The molecule has 4 unspecified atom stereocenters. The Morgan fingerprint density at radius 1 is 1.06 bits per heavy atom. The average Bonchev–Trinajstić information content (AvgIpc) is 3.59. The third kappa shape index (κ3) is 4.41. The summed E-state index contributed by atoms with van der Waals surface area (Å²) in [6.07, 6.45) is 14.3. The molecule has 3 aliphatic carbocycles. The van der Waals surface area contributed by atoms with Crippen molar-refractivity contribution < 1.29 is 9.53 Å². The van der Waals surface area contributed by atoms with Crippen LogP contribution in [0.4, 0.5) is 5.69 Å². The fourth-order valence-electron chi connectivity index (χ4n) is 8.40. The lowest BCUT2D eigenvalue weighted by Crippen LogP contribution is -2.50. The third-order valence-electron chi connectivity index (χ3n) is 10.5. The van der Waals surface area contributed by atoms with E-state index in [0.717, 1.165) is 45.2 Å². The third-order valence-corrected chi connectivity index (χ3v) is 10.5. The molecule has 0 aromatic heterocycles. The van der Waals surface area contributed by atoms with Crippen molar-refractivity contribution in [3.63, 3.8) is 0 Å². The van der Waals surface area contributed by atoms with Gasteiger partial charge in [0.05, 0.1) is 19.3 Å². The number of anilines is 1. The van der Waals surface area contributed by atoms with Crippen LogP contribution >= 0.6 is 0 Å². The van der Waals surface area contributed by atoms with Crippen LogP contribution in [0.15, 0.2) is 24.3 Å². The lowest BCUT2D eigenvalue weighted by molar-refractivity contribution is -0.123. The monoisotopic (exact) mass is 479 g/mol. The minimum absolute atomic E-state index is 0.0206. The second kappa shape index (κ2) is 9.70. The van der Waals surface area contributed by atoms with Crippen LogP contribution < -0.4 is 15.5 Å². The van der Waals surface area contributed by atoms with Crippen molar-refractivity contribution in [1.29, 1.82) is 0 Å². The molecule has 6 rings (SSSR count). The molecule has 35 heavy (non-hydrogen) atoms. The molecule has 3 saturated carbocycles. The fraction of sp³-hybridized carbons (Fsp3) is 0.767. The van der Waals surface area contributed by atoms with Gasteiger partial charge in [0, 0.05) is 36.8 Å². The molecule has 1 aromatic rings. The Balaban J connectivity index is 1.15. The summed E-state index contributed by atoms with van der Waals surface area (Å²) in [6.45, 7) is 6.70. The van der Waals surface area contributed by atoms with E-state index in [-0.39, 0.29) is 17.4 Å². The summed E-state index contributed by atoms with van der Waals surface area (Å²) in [4.78, 5) is 16.1. The smallest absolute Gasteiger partial charge is 0.237 e. The second-order valence-electron chi connectivity index (χ2n) is 12.5. The van der Waals surface area contributed by atoms with Crippen LogP contribution in [0.1, 0.15) is 83.1 Å². The van der Waals surface area contributed by atoms with Gasteiger partial charge in [0.15, 0.2) is 0 Å². The number of carbonyl (C=O) groups excluding carboxylic acids is 1. The molecule has 0 spiro atoms. The number of amides is 1. The molecule has 5 aliphatic rings. The highest BCUT2D eigenvalue weighted by Gasteiger charge is 2.56. The molecule has 2 aliphatic heterocycles. The number of nitrogens with one attached hydrogen (secondary N) is 2. The van der Waals surface area contributed by atoms with Gasteiger partial charge >= 0.3 is 0 Å². The van der Waals surface area contributed by atoms with Gasteiger partial charge in [-0.25, -0.2) is 0 Å². The molecule has 2 N–H and O–H groups in total. The van der Waals surface area contributed by atoms with Gasteiger partial charge in [0.25, 0.3) is 0 Å². The number of benzene rings is 1. The van der Waals surface area contributed by atoms with E-state index < -0.39 is 0 Å². The van der Waals surface area contributed by atoms with Crippen LogP contribution in [0.3, 0.4) is 0 Å². The van der Waals surface area contributed by atoms with E-state index in [1.165, 1.54) is 75.5 Å². The van der Waals surface area contributed by atoms with Crippen LogP contribution in [0.25, 0.3) is 0 Å². The van der Waals surface area contributed by atoms with Gasteiger partial charge in [-0.3, -0.25) is 4.79 Å². The molecule has 192 valence electrons. The van der Waals surface area contributed by atoms with Gasteiger partial charge < -0.3 is 20.3 Å². The summed E-state index contributed by atoms with van der Waals surface area (Å²) >= 11 is 0. The van der Waals surface area contributed by atoms with Gasteiger partial charge in [-0.05, 0) is 73.8 Å². The van der Waals surface area contributed by atoms with Gasteiger partial charge in [0.2, 0.25) is 5.91 Å². The summed E-state index contributed by atoms with van der Waals surface area (Å²) < 4.78 is 5.59. The summed E-state index contributed by atoms with van der Waals surface area (Å²) in [7, 11) is 0. The van der Waals surface area contributed by atoms with E-state index in [0.29, 0.717) is 17.4 Å². The average molecular weight is 480 g/mol. The highest BCUT2D eigenvalue weighted by Crippen LogP contribution is 2.56. The Morgan fingerprint density at radius 3 is 2.60 bits per heavy atom. The molecular formula is C30H45N3O2. The van der Waals surface area contributed by atoms with Crippen LogP contribution in [-0.2, 0) is 14.9 Å². The Bertz CT molecular complexity index is 903. The van der Waals surface area contributed by atoms with Crippen molar-refractivity contribution in [2.75, 3.05) is 37.7 Å². The summed E-state index contributed by atoms with van der Waals surface area (Å²) in [5.74, 6) is 1.74. The zero-order valence-corrected chi connectivity index (χ0v) is 21.7. The molecule has 2 heterocycles. The number of morpholine rings is 1. The van der Waals surface area contributed by atoms with Gasteiger partial charge in [-0.1, -0.05) is 50.8 Å². The maximum Gasteiger partial charge on any atom is 0.237 e. The van der Waals surface area contributed by atoms with Crippen molar-refractivity contribution in [2.45, 2.75) is 95.1 Å². The minimum atomic E-state index is -0.0206. The maximum absolute atomic E-state index is 13.6. The summed E-state index contributed by atoms with van der Waals surface area (Å²) in [6, 6.07) is 9.38. The van der Waals surface area contributed by atoms with Crippen LogP contribution in [0.2, 0.25) is 0 Å². The zero-order chi connectivity index (χ0) is 23.9. The molecule has 5 nitrogen and oxygen atoms in total. The lowest BCUT2D eigenvalue weighted by atomic mass is 9.57. The Morgan fingerprint density at radius 2 is 1.83 bits per heavy atom. The van der Waals surface area contributed by atoms with E-state index in [2.05, 4.69) is 46.7 Å². The van der Waals surface area contributed by atoms with Crippen molar-refractivity contribution in [2.24, 2.45) is 17.3 Å². The molecule has 2 saturated heterocycles. The van der Waals surface area contributed by atoms with Crippen molar-refractivity contribution in [3.05, 3.63) is 29.8 Å². The first-order valence-electron chi connectivity index (χ1n) is 14.6. The van der Waals surface area contributed by atoms with E-state index in [9.17, 15) is 4.79 Å². The number of rotatable bonds is 6. The molecular weight excluding hydrogens is 434 g/mol.